The fourth-order valence-electron chi connectivity index (χ4n) is 2.70. The minimum absolute atomic E-state index is 0.0697. The van der Waals surface area contributed by atoms with E-state index in [0.717, 1.165) is 21.6 Å². The molecule has 5 nitrogen and oxygen atoms in total. The zero-order valence-electron chi connectivity index (χ0n) is 16.2. The Morgan fingerprint density at radius 2 is 2.00 bits per heavy atom. The van der Waals surface area contributed by atoms with Crippen molar-refractivity contribution >= 4 is 33.5 Å². The van der Waals surface area contributed by atoms with E-state index in [-0.39, 0.29) is 5.75 Å². The normalized spacial score (nSPS) is 12.1. The first-order valence-corrected chi connectivity index (χ1v) is 10.5. The van der Waals surface area contributed by atoms with Crippen LogP contribution in [0.15, 0.2) is 50.3 Å². The Balaban J connectivity index is 2.09. The second kappa shape index (κ2) is 8.75. The fourth-order valence-corrected chi connectivity index (χ4v) is 4.06. The lowest BCUT2D eigenvalue weighted by Crippen LogP contribution is -2.12. The van der Waals surface area contributed by atoms with Crippen LogP contribution >= 0.6 is 27.3 Å². The molecule has 0 spiro atoms. The lowest BCUT2D eigenvalue weighted by molar-refractivity contribution is 0.372. The quantitative estimate of drug-likeness (QED) is 0.538. The Hall–Kier alpha value is -2.38. The van der Waals surface area contributed by atoms with Crippen molar-refractivity contribution in [2.24, 2.45) is 10.1 Å². The van der Waals surface area contributed by atoms with Gasteiger partial charge in [-0.15, -0.1) is 11.3 Å². The predicted molar refractivity (Wildman–Crippen MR) is 119 cm³/mol. The highest BCUT2D eigenvalue weighted by atomic mass is 79.9. The van der Waals surface area contributed by atoms with Crippen molar-refractivity contribution in [2.75, 3.05) is 13.7 Å². The average Bonchev–Trinajstić information content (AvgIpc) is 3.07. The van der Waals surface area contributed by atoms with Gasteiger partial charge in [0, 0.05) is 17.5 Å². The molecule has 0 aliphatic rings. The number of hydrogen-bond donors (Lipinski definition) is 1. The molecule has 28 heavy (non-hydrogen) atoms. The summed E-state index contributed by atoms with van der Waals surface area (Å²) < 4.78 is 7.62. The molecule has 0 aliphatic carbocycles. The van der Waals surface area contributed by atoms with Crippen LogP contribution in [-0.4, -0.2) is 29.7 Å². The number of phenols is 1. The number of nitrogens with zero attached hydrogens (tertiary/aromatic N) is 3. The van der Waals surface area contributed by atoms with E-state index in [9.17, 15) is 5.11 Å². The van der Waals surface area contributed by atoms with Crippen LogP contribution in [0.2, 0.25) is 0 Å². The first-order chi connectivity index (χ1) is 13.4. The van der Waals surface area contributed by atoms with E-state index in [1.54, 1.807) is 29.7 Å². The van der Waals surface area contributed by atoms with Gasteiger partial charge in [-0.25, -0.2) is 4.68 Å². The van der Waals surface area contributed by atoms with Crippen LogP contribution in [0.5, 0.6) is 11.5 Å². The highest BCUT2D eigenvalue weighted by Crippen LogP contribution is 2.34. The zero-order chi connectivity index (χ0) is 20.3. The zero-order valence-corrected chi connectivity index (χ0v) is 18.6. The van der Waals surface area contributed by atoms with Crippen molar-refractivity contribution in [1.29, 1.82) is 0 Å². The Kier molecular flexibility index (Phi) is 6.36. The molecule has 1 N–H and O–H groups in total. The monoisotopic (exact) mass is 459 g/mol. The van der Waals surface area contributed by atoms with Gasteiger partial charge in [-0.3, -0.25) is 4.99 Å². The topological polar surface area (TPSA) is 59.1 Å². The van der Waals surface area contributed by atoms with E-state index in [1.165, 1.54) is 18.2 Å². The van der Waals surface area contributed by atoms with Crippen molar-refractivity contribution in [3.8, 4) is 22.8 Å². The molecule has 0 aliphatic heterocycles. The van der Waals surface area contributed by atoms with Gasteiger partial charge < -0.3 is 9.84 Å². The number of aromatic hydroxyl groups is 1. The van der Waals surface area contributed by atoms with E-state index in [0.29, 0.717) is 16.8 Å². The number of aromatic nitrogens is 1. The maximum Gasteiger partial charge on any atom is 0.206 e. The molecule has 0 atom stereocenters. The minimum Gasteiger partial charge on any atom is -0.503 e. The second-order valence-electron chi connectivity index (χ2n) is 6.29. The van der Waals surface area contributed by atoms with Crippen LogP contribution in [0.25, 0.3) is 11.3 Å². The second-order valence-corrected chi connectivity index (χ2v) is 7.98. The van der Waals surface area contributed by atoms with Crippen LogP contribution in [0.4, 0.5) is 0 Å². The smallest absolute Gasteiger partial charge is 0.206 e. The van der Waals surface area contributed by atoms with E-state index < -0.39 is 0 Å². The first-order valence-electron chi connectivity index (χ1n) is 8.84. The van der Waals surface area contributed by atoms with Gasteiger partial charge in [0.25, 0.3) is 0 Å². The molecule has 0 bridgehead atoms. The summed E-state index contributed by atoms with van der Waals surface area (Å²) in [6.45, 7) is 6.90. The molecule has 3 aromatic rings. The maximum atomic E-state index is 9.99. The molecular formula is C21H22BrN3O2S. The summed E-state index contributed by atoms with van der Waals surface area (Å²) in [6.07, 6.45) is 1.73. The molecule has 0 amide bonds. The number of hydrogen-bond acceptors (Lipinski definition) is 5. The minimum atomic E-state index is 0.0697. The molecule has 2 aromatic carbocycles. The van der Waals surface area contributed by atoms with Gasteiger partial charge in [0.05, 0.1) is 23.5 Å². The van der Waals surface area contributed by atoms with Crippen LogP contribution < -0.4 is 9.54 Å². The molecule has 1 heterocycles. The SMILES string of the molecule is CCN=c1scc(-c2ccc(C)c(C)c2)n1N=Cc1cc(Br)c(O)c(OC)c1. The van der Waals surface area contributed by atoms with Crippen molar-refractivity contribution in [1.82, 2.24) is 4.68 Å². The Bertz CT molecular complexity index is 1100. The molecule has 1 aromatic heterocycles. The molecule has 0 radical (unpaired) electrons. The Labute approximate surface area is 176 Å². The number of rotatable bonds is 5. The number of thiazole rings is 1. The molecule has 0 fully saturated rings. The number of phenolic OH excluding ortho intramolecular Hbond substituents is 1. The summed E-state index contributed by atoms with van der Waals surface area (Å²) in [6, 6.07) is 9.92. The Morgan fingerprint density at radius 1 is 1.21 bits per heavy atom. The highest BCUT2D eigenvalue weighted by Gasteiger charge is 2.10. The van der Waals surface area contributed by atoms with Crippen molar-refractivity contribution in [3.05, 3.63) is 61.7 Å². The summed E-state index contributed by atoms with van der Waals surface area (Å²) in [4.78, 5) is 5.39. The van der Waals surface area contributed by atoms with E-state index >= 15 is 0 Å². The molecule has 0 unspecified atom stereocenters. The lowest BCUT2D eigenvalue weighted by atomic mass is 10.1. The van der Waals surface area contributed by atoms with Gasteiger partial charge in [0.15, 0.2) is 11.5 Å². The van der Waals surface area contributed by atoms with E-state index in [4.69, 9.17) is 4.74 Å². The lowest BCUT2D eigenvalue weighted by Gasteiger charge is -2.08. The van der Waals surface area contributed by atoms with Crippen LogP contribution in [0.3, 0.4) is 0 Å². The van der Waals surface area contributed by atoms with Gasteiger partial charge in [0.1, 0.15) is 0 Å². The number of benzene rings is 2. The summed E-state index contributed by atoms with van der Waals surface area (Å²) in [5.41, 5.74) is 5.38. The predicted octanol–water partition coefficient (Wildman–Crippen LogP) is 5.11. The standard InChI is InChI=1S/C21H22BrN3O2S/c1-5-23-21-25(18(12-28-21)16-7-6-13(2)14(3)8-16)24-11-15-9-17(22)20(26)19(10-15)27-4/h6-12,26H,5H2,1-4H3. The summed E-state index contributed by atoms with van der Waals surface area (Å²) in [5.74, 6) is 0.458. The van der Waals surface area contributed by atoms with Gasteiger partial charge in [-0.2, -0.15) is 5.10 Å². The maximum absolute atomic E-state index is 9.99. The first kappa shape index (κ1) is 20.4. The largest absolute Gasteiger partial charge is 0.503 e. The Morgan fingerprint density at radius 3 is 2.68 bits per heavy atom. The van der Waals surface area contributed by atoms with Gasteiger partial charge in [-0.05, 0) is 71.6 Å². The number of aryl methyl sites for hydroxylation is 2. The number of halogens is 1. The van der Waals surface area contributed by atoms with Crippen molar-refractivity contribution in [3.63, 3.8) is 0 Å². The van der Waals surface area contributed by atoms with Gasteiger partial charge in [0.2, 0.25) is 4.80 Å². The van der Waals surface area contributed by atoms with Crippen molar-refractivity contribution < 1.29 is 9.84 Å². The molecule has 3 rings (SSSR count). The molecule has 7 heteroatoms. The van der Waals surface area contributed by atoms with Crippen LogP contribution in [0.1, 0.15) is 23.6 Å². The molecule has 0 saturated carbocycles. The van der Waals surface area contributed by atoms with Crippen LogP contribution in [-0.2, 0) is 0 Å². The molecule has 0 saturated heterocycles. The average molecular weight is 460 g/mol. The van der Waals surface area contributed by atoms with Gasteiger partial charge in [-0.1, -0.05) is 12.1 Å². The number of methoxy groups -OCH3 is 1. The molecule has 146 valence electrons. The van der Waals surface area contributed by atoms with Gasteiger partial charge >= 0.3 is 0 Å². The summed E-state index contributed by atoms with van der Waals surface area (Å²) in [7, 11) is 1.52. The van der Waals surface area contributed by atoms with Crippen LogP contribution in [0, 0.1) is 13.8 Å². The third-order valence-corrected chi connectivity index (χ3v) is 5.83. The van der Waals surface area contributed by atoms with Crippen molar-refractivity contribution in [2.45, 2.75) is 20.8 Å². The third-order valence-electron chi connectivity index (χ3n) is 4.37. The summed E-state index contributed by atoms with van der Waals surface area (Å²) in [5, 5.41) is 16.7. The number of ether oxygens (including phenoxy) is 1. The fraction of sp³-hybridized carbons (Fsp3) is 0.238. The third kappa shape index (κ3) is 4.20. The molecular weight excluding hydrogens is 438 g/mol. The van der Waals surface area contributed by atoms with E-state index in [1.807, 2.05) is 11.6 Å². The van der Waals surface area contributed by atoms with E-state index in [2.05, 4.69) is 63.5 Å². The summed E-state index contributed by atoms with van der Waals surface area (Å²) >= 11 is 4.91. The highest BCUT2D eigenvalue weighted by molar-refractivity contribution is 9.10.